The fraction of sp³-hybridized carbons (Fsp3) is 0.308. The van der Waals surface area contributed by atoms with E-state index in [0.29, 0.717) is 24.3 Å². The van der Waals surface area contributed by atoms with Gasteiger partial charge in [-0.2, -0.15) is 0 Å². The number of nitro benzene ring substituents is 1. The highest BCUT2D eigenvalue weighted by molar-refractivity contribution is 5.87. The lowest BCUT2D eigenvalue weighted by molar-refractivity contribution is -0.384. The molecule has 0 saturated carbocycles. The molecule has 0 amide bonds. The van der Waals surface area contributed by atoms with Gasteiger partial charge in [-0.15, -0.1) is 0 Å². The van der Waals surface area contributed by atoms with Crippen molar-refractivity contribution in [3.63, 3.8) is 0 Å². The number of nitro groups is 1. The second kappa shape index (κ2) is 5.70. The highest BCUT2D eigenvalue weighted by Crippen LogP contribution is 2.32. The summed E-state index contributed by atoms with van der Waals surface area (Å²) in [7, 11) is 1.26. The van der Waals surface area contributed by atoms with Crippen LogP contribution in [0.15, 0.2) is 24.3 Å². The molecule has 20 heavy (non-hydrogen) atoms. The zero-order valence-corrected chi connectivity index (χ0v) is 10.9. The van der Waals surface area contributed by atoms with Crippen LogP contribution < -0.4 is 4.90 Å². The van der Waals surface area contributed by atoms with Gasteiger partial charge in [0.15, 0.2) is 0 Å². The van der Waals surface area contributed by atoms with Crippen molar-refractivity contribution in [2.24, 2.45) is 0 Å². The Morgan fingerprint density at radius 3 is 2.80 bits per heavy atom. The normalized spacial score (nSPS) is 15.2. The second-order valence-corrected chi connectivity index (χ2v) is 4.42. The minimum atomic E-state index is -0.525. The Balaban J connectivity index is 2.26. The highest BCUT2D eigenvalue weighted by Gasteiger charge is 2.29. The van der Waals surface area contributed by atoms with Gasteiger partial charge in [0.1, 0.15) is 5.69 Å². The van der Waals surface area contributed by atoms with Crippen LogP contribution in [0, 0.1) is 10.1 Å². The summed E-state index contributed by atoms with van der Waals surface area (Å²) < 4.78 is 4.45. The van der Waals surface area contributed by atoms with E-state index in [1.807, 2.05) is 0 Å². The maximum absolute atomic E-state index is 11.1. The topological polar surface area (TPSA) is 92.9 Å². The summed E-state index contributed by atoms with van der Waals surface area (Å²) in [5.41, 5.74) is 0.950. The number of hydrogen-bond donors (Lipinski definition) is 1. The van der Waals surface area contributed by atoms with E-state index in [1.165, 1.54) is 25.3 Å². The van der Waals surface area contributed by atoms with Crippen molar-refractivity contribution in [3.8, 4) is 0 Å². The Morgan fingerprint density at radius 2 is 2.25 bits per heavy atom. The average molecular weight is 278 g/mol. The van der Waals surface area contributed by atoms with Crippen LogP contribution in [-0.2, 0) is 9.53 Å². The SMILES string of the molecule is COC(=O)C=Cc1ccc(N2CC(O)C2)c([N+](=O)[O-])c1. The molecule has 2 rings (SSSR count). The molecule has 0 spiro atoms. The van der Waals surface area contributed by atoms with E-state index >= 15 is 0 Å². The predicted octanol–water partition coefficient (Wildman–Crippen LogP) is 0.962. The monoisotopic (exact) mass is 278 g/mol. The number of benzene rings is 1. The molecular formula is C13H14N2O5. The van der Waals surface area contributed by atoms with Gasteiger partial charge in [-0.25, -0.2) is 4.79 Å². The Morgan fingerprint density at radius 1 is 1.55 bits per heavy atom. The summed E-state index contributed by atoms with van der Waals surface area (Å²) in [6, 6.07) is 4.67. The van der Waals surface area contributed by atoms with E-state index in [4.69, 9.17) is 0 Å². The summed E-state index contributed by atoms with van der Waals surface area (Å²) >= 11 is 0. The summed E-state index contributed by atoms with van der Waals surface area (Å²) in [6.07, 6.45) is 2.22. The first kappa shape index (κ1) is 14.0. The molecule has 0 radical (unpaired) electrons. The Kier molecular flexibility index (Phi) is 3.99. The number of hydrogen-bond acceptors (Lipinski definition) is 6. The number of β-amino-alcohol motifs (C(OH)–C–C–N with tert-alkyl or cyclic N) is 1. The number of ether oxygens (including phenoxy) is 1. The van der Waals surface area contributed by atoms with Crippen molar-refractivity contribution in [1.29, 1.82) is 0 Å². The third kappa shape index (κ3) is 2.94. The molecule has 1 aromatic carbocycles. The van der Waals surface area contributed by atoms with E-state index < -0.39 is 17.0 Å². The van der Waals surface area contributed by atoms with Crippen molar-refractivity contribution in [2.75, 3.05) is 25.1 Å². The molecule has 1 aliphatic heterocycles. The van der Waals surface area contributed by atoms with Gasteiger partial charge < -0.3 is 14.7 Å². The molecule has 1 heterocycles. The van der Waals surface area contributed by atoms with E-state index in [-0.39, 0.29) is 5.69 Å². The van der Waals surface area contributed by atoms with Crippen molar-refractivity contribution in [2.45, 2.75) is 6.10 Å². The number of aliphatic hydroxyl groups excluding tert-OH is 1. The zero-order valence-electron chi connectivity index (χ0n) is 10.9. The van der Waals surface area contributed by atoms with E-state index in [2.05, 4.69) is 4.74 Å². The number of nitrogens with zero attached hydrogens (tertiary/aromatic N) is 2. The van der Waals surface area contributed by atoms with Gasteiger partial charge >= 0.3 is 5.97 Å². The number of carbonyl (C=O) groups excluding carboxylic acids is 1. The van der Waals surface area contributed by atoms with Crippen molar-refractivity contribution in [3.05, 3.63) is 40.0 Å². The average Bonchev–Trinajstić information content (AvgIpc) is 2.41. The maximum atomic E-state index is 11.1. The fourth-order valence-corrected chi connectivity index (χ4v) is 1.94. The lowest BCUT2D eigenvalue weighted by Crippen LogP contribution is -2.51. The fourth-order valence-electron chi connectivity index (χ4n) is 1.94. The predicted molar refractivity (Wildman–Crippen MR) is 72.4 cm³/mol. The van der Waals surface area contributed by atoms with Crippen LogP contribution in [0.2, 0.25) is 0 Å². The van der Waals surface area contributed by atoms with Gasteiger partial charge in [0.25, 0.3) is 5.69 Å². The molecule has 106 valence electrons. The number of methoxy groups -OCH3 is 1. The molecule has 0 aromatic heterocycles. The van der Waals surface area contributed by atoms with Crippen LogP contribution in [0.1, 0.15) is 5.56 Å². The number of carbonyl (C=O) groups is 1. The molecule has 0 aliphatic carbocycles. The summed E-state index contributed by atoms with van der Waals surface area (Å²) in [4.78, 5) is 23.3. The quantitative estimate of drug-likeness (QED) is 0.381. The van der Waals surface area contributed by atoms with Crippen LogP contribution in [-0.4, -0.2) is 42.3 Å². The molecule has 0 bridgehead atoms. The first-order valence-electron chi connectivity index (χ1n) is 5.98. The molecular weight excluding hydrogens is 264 g/mol. The summed E-state index contributed by atoms with van der Waals surface area (Å²) in [6.45, 7) is 0.774. The van der Waals surface area contributed by atoms with E-state index in [9.17, 15) is 20.0 Å². The molecule has 1 aromatic rings. The minimum absolute atomic E-state index is 0.0519. The van der Waals surface area contributed by atoms with Crippen LogP contribution in [0.5, 0.6) is 0 Å². The Bertz CT molecular complexity index is 564. The second-order valence-electron chi connectivity index (χ2n) is 4.42. The van der Waals surface area contributed by atoms with Gasteiger partial charge in [-0.1, -0.05) is 6.07 Å². The summed E-state index contributed by atoms with van der Waals surface area (Å²) in [5.74, 6) is -0.525. The van der Waals surface area contributed by atoms with Gasteiger partial charge in [0, 0.05) is 25.2 Å². The lowest BCUT2D eigenvalue weighted by atomic mass is 10.1. The number of esters is 1. The van der Waals surface area contributed by atoms with Crippen molar-refractivity contribution in [1.82, 2.24) is 0 Å². The van der Waals surface area contributed by atoms with Crippen molar-refractivity contribution >= 4 is 23.4 Å². The van der Waals surface area contributed by atoms with Gasteiger partial charge in [0.2, 0.25) is 0 Å². The third-order valence-corrected chi connectivity index (χ3v) is 3.01. The van der Waals surface area contributed by atoms with Gasteiger partial charge in [-0.05, 0) is 17.7 Å². The molecule has 1 aliphatic rings. The molecule has 1 saturated heterocycles. The standard InChI is InChI=1S/C13H14N2O5/c1-20-13(17)5-3-9-2-4-11(12(6-9)15(18)19)14-7-10(16)8-14/h2-6,10,16H,7-8H2,1H3. The molecule has 1 fully saturated rings. The lowest BCUT2D eigenvalue weighted by Gasteiger charge is -2.37. The largest absolute Gasteiger partial charge is 0.466 e. The van der Waals surface area contributed by atoms with E-state index in [1.54, 1.807) is 17.0 Å². The van der Waals surface area contributed by atoms with Crippen LogP contribution in [0.4, 0.5) is 11.4 Å². The van der Waals surface area contributed by atoms with Crippen LogP contribution in [0.3, 0.4) is 0 Å². The molecule has 0 atom stereocenters. The number of aliphatic hydroxyl groups is 1. The number of anilines is 1. The van der Waals surface area contributed by atoms with E-state index in [0.717, 1.165) is 0 Å². The Hall–Kier alpha value is -2.41. The van der Waals surface area contributed by atoms with Gasteiger partial charge in [0.05, 0.1) is 18.1 Å². The Labute approximate surface area is 115 Å². The summed E-state index contributed by atoms with van der Waals surface area (Å²) in [5, 5.41) is 20.4. The molecule has 7 nitrogen and oxygen atoms in total. The zero-order chi connectivity index (χ0) is 14.7. The van der Waals surface area contributed by atoms with Crippen molar-refractivity contribution < 1.29 is 19.6 Å². The first-order chi connectivity index (χ1) is 9.51. The number of rotatable bonds is 4. The highest BCUT2D eigenvalue weighted by atomic mass is 16.6. The maximum Gasteiger partial charge on any atom is 0.330 e. The molecule has 7 heteroatoms. The smallest absolute Gasteiger partial charge is 0.330 e. The first-order valence-corrected chi connectivity index (χ1v) is 5.98. The van der Waals surface area contributed by atoms with Gasteiger partial charge in [-0.3, -0.25) is 10.1 Å². The van der Waals surface area contributed by atoms with Crippen LogP contribution >= 0.6 is 0 Å². The molecule has 0 unspecified atom stereocenters. The minimum Gasteiger partial charge on any atom is -0.466 e. The van der Waals surface area contributed by atoms with Crippen LogP contribution in [0.25, 0.3) is 6.08 Å². The third-order valence-electron chi connectivity index (χ3n) is 3.01. The molecule has 1 N–H and O–H groups in total.